The van der Waals surface area contributed by atoms with E-state index in [1.807, 2.05) is 6.07 Å². The summed E-state index contributed by atoms with van der Waals surface area (Å²) in [5, 5.41) is 3.52. The van der Waals surface area contributed by atoms with Crippen LogP contribution in [0.25, 0.3) is 0 Å². The van der Waals surface area contributed by atoms with Crippen LogP contribution in [0.2, 0.25) is 4.34 Å². The van der Waals surface area contributed by atoms with Crippen molar-refractivity contribution in [2.24, 2.45) is 0 Å². The third-order valence-corrected chi connectivity index (χ3v) is 5.66. The maximum absolute atomic E-state index is 6.04. The van der Waals surface area contributed by atoms with Gasteiger partial charge in [-0.05, 0) is 65.4 Å². The maximum Gasteiger partial charge on any atom is 0.0931 e. The summed E-state index contributed by atoms with van der Waals surface area (Å²) in [6, 6.07) is 4.62. The van der Waals surface area contributed by atoms with E-state index in [0.29, 0.717) is 6.04 Å². The smallest absolute Gasteiger partial charge is 0.0931 e. The van der Waals surface area contributed by atoms with Crippen LogP contribution in [-0.2, 0) is 6.42 Å². The van der Waals surface area contributed by atoms with Gasteiger partial charge in [0.1, 0.15) is 0 Å². The van der Waals surface area contributed by atoms with Crippen LogP contribution in [0, 0.1) is 0 Å². The van der Waals surface area contributed by atoms with E-state index >= 15 is 0 Å². The molecule has 0 aliphatic carbocycles. The summed E-state index contributed by atoms with van der Waals surface area (Å²) in [6.45, 7) is 7.20. The van der Waals surface area contributed by atoms with Gasteiger partial charge in [-0.1, -0.05) is 18.0 Å². The van der Waals surface area contributed by atoms with E-state index in [1.165, 1.54) is 37.2 Å². The molecule has 1 aromatic heterocycles. The van der Waals surface area contributed by atoms with Crippen molar-refractivity contribution in [1.29, 1.82) is 0 Å². The molecule has 2 rings (SSSR count). The summed E-state index contributed by atoms with van der Waals surface area (Å²) < 4.78 is 0.889. The largest absolute Gasteiger partial charge is 0.315 e. The molecule has 0 amide bonds. The highest BCUT2D eigenvalue weighted by Gasteiger charge is 2.35. The zero-order valence-corrected chi connectivity index (χ0v) is 13.8. The number of thiophene rings is 1. The molecule has 0 bridgehead atoms. The summed E-state index contributed by atoms with van der Waals surface area (Å²) >= 11 is 7.74. The first-order valence-electron chi connectivity index (χ1n) is 7.20. The lowest BCUT2D eigenvalue weighted by Gasteiger charge is -2.46. The second-order valence-electron chi connectivity index (χ2n) is 5.95. The summed E-state index contributed by atoms with van der Waals surface area (Å²) in [5.41, 5.74) is 0.186. The highest BCUT2D eigenvalue weighted by molar-refractivity contribution is 7.16. The van der Waals surface area contributed by atoms with Gasteiger partial charge < -0.3 is 5.32 Å². The van der Waals surface area contributed by atoms with Crippen molar-refractivity contribution in [3.63, 3.8) is 0 Å². The van der Waals surface area contributed by atoms with Crippen LogP contribution >= 0.6 is 22.9 Å². The normalized spacial score (nSPS) is 19.6. The lowest BCUT2D eigenvalue weighted by atomic mass is 9.87. The van der Waals surface area contributed by atoms with Crippen LogP contribution in [0.4, 0.5) is 0 Å². The fourth-order valence-corrected chi connectivity index (χ4v) is 4.19. The van der Waals surface area contributed by atoms with E-state index in [4.69, 9.17) is 11.6 Å². The fourth-order valence-electron chi connectivity index (χ4n) is 3.06. The predicted molar refractivity (Wildman–Crippen MR) is 85.4 cm³/mol. The molecule has 0 aromatic carbocycles. The van der Waals surface area contributed by atoms with Gasteiger partial charge in [0.2, 0.25) is 0 Å². The molecule has 1 unspecified atom stereocenters. The third kappa shape index (κ3) is 3.72. The van der Waals surface area contributed by atoms with Crippen molar-refractivity contribution in [2.45, 2.75) is 51.1 Å². The molecule has 1 aliphatic rings. The summed E-state index contributed by atoms with van der Waals surface area (Å²) in [4.78, 5) is 4.02. The summed E-state index contributed by atoms with van der Waals surface area (Å²) in [7, 11) is 2.07. The minimum atomic E-state index is 0.186. The van der Waals surface area contributed by atoms with E-state index < -0.39 is 0 Å². The minimum Gasteiger partial charge on any atom is -0.315 e. The number of rotatable bonds is 5. The van der Waals surface area contributed by atoms with Crippen molar-refractivity contribution < 1.29 is 0 Å². The Morgan fingerprint density at radius 2 is 2.00 bits per heavy atom. The van der Waals surface area contributed by atoms with Crippen molar-refractivity contribution in [3.05, 3.63) is 21.3 Å². The van der Waals surface area contributed by atoms with Gasteiger partial charge in [-0.2, -0.15) is 0 Å². The number of halogens is 1. The Morgan fingerprint density at radius 1 is 1.32 bits per heavy atom. The van der Waals surface area contributed by atoms with Crippen molar-refractivity contribution in [2.75, 3.05) is 20.1 Å². The van der Waals surface area contributed by atoms with Crippen molar-refractivity contribution in [3.8, 4) is 0 Å². The number of nitrogens with one attached hydrogen (secondary N) is 1. The van der Waals surface area contributed by atoms with Crippen LogP contribution in [-0.4, -0.2) is 36.6 Å². The third-order valence-electron chi connectivity index (χ3n) is 4.41. The lowest BCUT2D eigenvalue weighted by molar-refractivity contribution is 0.0638. The Hall–Kier alpha value is -0.0900. The van der Waals surface area contributed by atoms with Crippen LogP contribution in [0.3, 0.4) is 0 Å². The van der Waals surface area contributed by atoms with Gasteiger partial charge in [-0.3, -0.25) is 4.90 Å². The molecule has 108 valence electrons. The minimum absolute atomic E-state index is 0.186. The van der Waals surface area contributed by atoms with Gasteiger partial charge >= 0.3 is 0 Å². The molecule has 1 aliphatic heterocycles. The Morgan fingerprint density at radius 3 is 2.53 bits per heavy atom. The monoisotopic (exact) mass is 300 g/mol. The molecule has 0 radical (unpaired) electrons. The summed E-state index contributed by atoms with van der Waals surface area (Å²) in [6.07, 6.45) is 5.12. The summed E-state index contributed by atoms with van der Waals surface area (Å²) in [5.74, 6) is 0. The first-order valence-corrected chi connectivity index (χ1v) is 8.40. The molecular formula is C15H25ClN2S. The number of nitrogens with zero attached hydrogens (tertiary/aromatic N) is 1. The van der Waals surface area contributed by atoms with E-state index in [2.05, 4.69) is 37.2 Å². The van der Waals surface area contributed by atoms with Crippen LogP contribution in [0.5, 0.6) is 0 Å². The van der Waals surface area contributed by atoms with Gasteiger partial charge in [0, 0.05) is 16.5 Å². The second-order valence-corrected chi connectivity index (χ2v) is 7.75. The zero-order chi connectivity index (χ0) is 13.9. The van der Waals surface area contributed by atoms with Gasteiger partial charge in [-0.25, -0.2) is 0 Å². The lowest BCUT2D eigenvalue weighted by Crippen LogP contribution is -2.59. The second kappa shape index (κ2) is 6.57. The molecule has 19 heavy (non-hydrogen) atoms. The van der Waals surface area contributed by atoms with Crippen molar-refractivity contribution >= 4 is 22.9 Å². The fraction of sp³-hybridized carbons (Fsp3) is 0.733. The maximum atomic E-state index is 6.04. The van der Waals surface area contributed by atoms with Crippen LogP contribution in [0.15, 0.2) is 12.1 Å². The molecule has 4 heteroatoms. The molecule has 1 atom stereocenters. The number of likely N-dealkylation sites (tertiary alicyclic amines) is 1. The number of likely N-dealkylation sites (N-methyl/N-ethyl adjacent to an activating group) is 1. The molecule has 1 N–H and O–H groups in total. The Kier molecular flexibility index (Phi) is 5.29. The SMILES string of the molecule is CNC(Cc1ccc(Cl)s1)C(C)(C)N1CCCCC1. The average Bonchev–Trinajstić information content (AvgIpc) is 2.82. The molecule has 1 aromatic rings. The van der Waals surface area contributed by atoms with Gasteiger partial charge in [-0.15, -0.1) is 11.3 Å². The van der Waals surface area contributed by atoms with Gasteiger partial charge in [0.15, 0.2) is 0 Å². The van der Waals surface area contributed by atoms with Crippen LogP contribution in [0.1, 0.15) is 38.0 Å². The molecular weight excluding hydrogens is 276 g/mol. The van der Waals surface area contributed by atoms with E-state index in [-0.39, 0.29) is 5.54 Å². The molecule has 1 fully saturated rings. The highest BCUT2D eigenvalue weighted by Crippen LogP contribution is 2.28. The predicted octanol–water partition coefficient (Wildman–Crippen LogP) is 3.80. The number of hydrogen-bond acceptors (Lipinski definition) is 3. The van der Waals surface area contributed by atoms with E-state index in [1.54, 1.807) is 11.3 Å². The first-order chi connectivity index (χ1) is 9.04. The highest BCUT2D eigenvalue weighted by atomic mass is 35.5. The molecule has 1 saturated heterocycles. The van der Waals surface area contributed by atoms with Crippen LogP contribution < -0.4 is 5.32 Å². The topological polar surface area (TPSA) is 15.3 Å². The van der Waals surface area contributed by atoms with E-state index in [9.17, 15) is 0 Å². The van der Waals surface area contributed by atoms with Gasteiger partial charge in [0.05, 0.1) is 4.34 Å². The molecule has 2 heterocycles. The first kappa shape index (κ1) is 15.3. The number of hydrogen-bond donors (Lipinski definition) is 1. The van der Waals surface area contributed by atoms with Gasteiger partial charge in [0.25, 0.3) is 0 Å². The molecule has 0 spiro atoms. The Bertz CT molecular complexity index is 397. The Labute approximate surface area is 126 Å². The Balaban J connectivity index is 2.06. The average molecular weight is 301 g/mol. The quantitative estimate of drug-likeness (QED) is 0.890. The van der Waals surface area contributed by atoms with Crippen molar-refractivity contribution in [1.82, 2.24) is 10.2 Å². The standard InChI is InChI=1S/C15H25ClN2S/c1-15(2,18-9-5-4-6-10-18)13(17-3)11-12-7-8-14(16)19-12/h7-8,13,17H,4-6,9-11H2,1-3H3. The zero-order valence-electron chi connectivity index (χ0n) is 12.2. The van der Waals surface area contributed by atoms with E-state index in [0.717, 1.165) is 10.8 Å². The number of piperidine rings is 1. The molecule has 2 nitrogen and oxygen atoms in total. The molecule has 0 saturated carbocycles.